The topological polar surface area (TPSA) is 70.1 Å². The predicted octanol–water partition coefficient (Wildman–Crippen LogP) is 5.82. The number of likely N-dealkylation sites (tertiary alicyclic amines) is 1. The third-order valence-corrected chi connectivity index (χ3v) is 7.32. The van der Waals surface area contributed by atoms with E-state index >= 15 is 0 Å². The maximum Gasteiger partial charge on any atom is 0.410 e. The van der Waals surface area contributed by atoms with E-state index in [1.807, 2.05) is 43.9 Å². The lowest BCUT2D eigenvalue weighted by Gasteiger charge is -2.36. The Kier molecular flexibility index (Phi) is 8.35. The molecule has 36 heavy (non-hydrogen) atoms. The average Bonchev–Trinajstić information content (AvgIpc) is 3.64. The lowest BCUT2D eigenvalue weighted by molar-refractivity contribution is 0.0171. The highest BCUT2D eigenvalue weighted by atomic mass is 16.6. The van der Waals surface area contributed by atoms with Gasteiger partial charge in [0, 0.05) is 18.5 Å². The molecule has 0 bridgehead atoms. The number of rotatable bonds is 9. The molecule has 4 rings (SSSR count). The number of amides is 1. The third kappa shape index (κ3) is 7.33. The van der Waals surface area contributed by atoms with E-state index in [1.54, 1.807) is 12.1 Å². The summed E-state index contributed by atoms with van der Waals surface area (Å²) in [6.45, 7) is 9.72. The second-order valence-corrected chi connectivity index (χ2v) is 11.3. The number of ether oxygens (including phenoxy) is 1. The van der Waals surface area contributed by atoms with Crippen molar-refractivity contribution < 1.29 is 19.4 Å². The summed E-state index contributed by atoms with van der Waals surface area (Å²) in [5.74, 6) is 0.0182. The monoisotopic (exact) mass is 492 g/mol. The maximum absolute atomic E-state index is 13.2. The quantitative estimate of drug-likeness (QED) is 0.477. The van der Waals surface area contributed by atoms with Crippen LogP contribution in [0.1, 0.15) is 73.9 Å². The van der Waals surface area contributed by atoms with Gasteiger partial charge >= 0.3 is 12.1 Å². The molecule has 2 aliphatic rings. The normalized spacial score (nSPS) is 20.6. The number of benzene rings is 2. The number of carbonyl (C=O) groups excluding carboxylic acids is 1. The largest absolute Gasteiger partial charge is 0.478 e. The molecule has 194 valence electrons. The van der Waals surface area contributed by atoms with Crippen LogP contribution in [-0.4, -0.2) is 64.8 Å². The number of aromatic carboxylic acids is 1. The van der Waals surface area contributed by atoms with Crippen molar-refractivity contribution in [2.75, 3.05) is 26.2 Å². The standard InChI is InChI=1S/C30H40N2O4/c1-30(2,3)36-29(35)32(27-20-26(27)24-9-5-4-6-10-24)21-23-15-18-31(19-16-23)17-7-8-22-11-13-25(14-12-22)28(33)34/h4-6,9-14,23,26-27H,7-8,15-21H2,1-3H3,(H,33,34). The van der Waals surface area contributed by atoms with Gasteiger partial charge in [-0.2, -0.15) is 0 Å². The summed E-state index contributed by atoms with van der Waals surface area (Å²) in [7, 11) is 0. The molecule has 6 nitrogen and oxygen atoms in total. The number of hydrogen-bond acceptors (Lipinski definition) is 4. The smallest absolute Gasteiger partial charge is 0.410 e. The van der Waals surface area contributed by atoms with E-state index in [1.165, 1.54) is 11.1 Å². The van der Waals surface area contributed by atoms with Crippen LogP contribution in [0.4, 0.5) is 4.79 Å². The summed E-state index contributed by atoms with van der Waals surface area (Å²) < 4.78 is 5.81. The van der Waals surface area contributed by atoms with Gasteiger partial charge in [-0.1, -0.05) is 42.5 Å². The number of carbonyl (C=O) groups is 2. The van der Waals surface area contributed by atoms with Gasteiger partial charge in [0.15, 0.2) is 0 Å². The first-order valence-corrected chi connectivity index (χ1v) is 13.3. The van der Waals surface area contributed by atoms with Crippen molar-refractivity contribution in [3.63, 3.8) is 0 Å². The Bertz CT molecular complexity index is 1010. The Labute approximate surface area is 215 Å². The molecule has 1 saturated carbocycles. The Balaban J connectivity index is 1.25. The van der Waals surface area contributed by atoms with E-state index in [9.17, 15) is 9.59 Å². The van der Waals surface area contributed by atoms with Gasteiger partial charge in [-0.05, 0) is 102 Å². The maximum atomic E-state index is 13.2. The second kappa shape index (κ2) is 11.5. The fourth-order valence-corrected chi connectivity index (χ4v) is 5.24. The molecule has 1 saturated heterocycles. The lowest BCUT2D eigenvalue weighted by atomic mass is 9.95. The van der Waals surface area contributed by atoms with Crippen LogP contribution in [0.2, 0.25) is 0 Å². The molecule has 1 N–H and O–H groups in total. The Morgan fingerprint density at radius 2 is 1.69 bits per heavy atom. The minimum atomic E-state index is -0.882. The Morgan fingerprint density at radius 3 is 2.31 bits per heavy atom. The first-order chi connectivity index (χ1) is 17.2. The highest BCUT2D eigenvalue weighted by Crippen LogP contribution is 2.45. The van der Waals surface area contributed by atoms with Crippen molar-refractivity contribution in [2.45, 2.75) is 70.4 Å². The Hall–Kier alpha value is -2.86. The van der Waals surface area contributed by atoms with E-state index in [0.717, 1.165) is 58.3 Å². The van der Waals surface area contributed by atoms with E-state index in [4.69, 9.17) is 9.84 Å². The molecule has 1 amide bonds. The Morgan fingerprint density at radius 1 is 1.03 bits per heavy atom. The zero-order chi connectivity index (χ0) is 25.7. The first-order valence-electron chi connectivity index (χ1n) is 13.3. The first kappa shape index (κ1) is 26.2. The average molecular weight is 493 g/mol. The number of piperidine rings is 1. The molecule has 6 heteroatoms. The number of carboxylic acids is 1. The van der Waals surface area contributed by atoms with Crippen molar-refractivity contribution in [1.29, 1.82) is 0 Å². The summed E-state index contributed by atoms with van der Waals surface area (Å²) in [6, 6.07) is 17.9. The van der Waals surface area contributed by atoms with Gasteiger partial charge in [-0.3, -0.25) is 0 Å². The van der Waals surface area contributed by atoms with Crippen molar-refractivity contribution in [3.8, 4) is 0 Å². The molecule has 2 aromatic rings. The summed E-state index contributed by atoms with van der Waals surface area (Å²) in [5, 5.41) is 9.04. The van der Waals surface area contributed by atoms with Gasteiger partial charge < -0.3 is 19.6 Å². The number of aryl methyl sites for hydroxylation is 1. The van der Waals surface area contributed by atoms with E-state index in [-0.39, 0.29) is 12.1 Å². The number of nitrogens with zero attached hydrogens (tertiary/aromatic N) is 2. The molecule has 1 aliphatic carbocycles. The molecule has 2 unspecified atom stereocenters. The fourth-order valence-electron chi connectivity index (χ4n) is 5.24. The zero-order valence-corrected chi connectivity index (χ0v) is 21.9. The third-order valence-electron chi connectivity index (χ3n) is 7.32. The lowest BCUT2D eigenvalue weighted by Crippen LogP contribution is -2.44. The van der Waals surface area contributed by atoms with E-state index in [0.29, 0.717) is 17.4 Å². The molecule has 0 aromatic heterocycles. The summed E-state index contributed by atoms with van der Waals surface area (Å²) in [5.41, 5.74) is 2.33. The highest BCUT2D eigenvalue weighted by molar-refractivity contribution is 5.87. The molecule has 1 aliphatic heterocycles. The van der Waals surface area contributed by atoms with Crippen LogP contribution in [0.3, 0.4) is 0 Å². The van der Waals surface area contributed by atoms with Crippen LogP contribution in [0.25, 0.3) is 0 Å². The molecular weight excluding hydrogens is 452 g/mol. The molecule has 1 heterocycles. The number of carboxylic acid groups (broad SMARTS) is 1. The number of hydrogen-bond donors (Lipinski definition) is 1. The molecule has 2 atom stereocenters. The second-order valence-electron chi connectivity index (χ2n) is 11.3. The van der Waals surface area contributed by atoms with Gasteiger partial charge in [0.2, 0.25) is 0 Å². The van der Waals surface area contributed by atoms with Crippen molar-refractivity contribution >= 4 is 12.1 Å². The van der Waals surface area contributed by atoms with Crippen LogP contribution in [0, 0.1) is 5.92 Å². The summed E-state index contributed by atoms with van der Waals surface area (Å²) in [6.07, 6.45) is 5.03. The van der Waals surface area contributed by atoms with Crippen LogP contribution in [0.15, 0.2) is 54.6 Å². The molecule has 2 fully saturated rings. The molecule has 0 radical (unpaired) electrons. The van der Waals surface area contributed by atoms with Crippen LogP contribution < -0.4 is 0 Å². The minimum absolute atomic E-state index is 0.178. The summed E-state index contributed by atoms with van der Waals surface area (Å²) in [4.78, 5) is 28.7. The van der Waals surface area contributed by atoms with Crippen molar-refractivity contribution in [1.82, 2.24) is 9.80 Å². The van der Waals surface area contributed by atoms with Crippen molar-refractivity contribution in [2.24, 2.45) is 5.92 Å². The van der Waals surface area contributed by atoms with Gasteiger partial charge in [0.1, 0.15) is 5.60 Å². The van der Waals surface area contributed by atoms with E-state index in [2.05, 4.69) is 29.2 Å². The van der Waals surface area contributed by atoms with Crippen LogP contribution in [-0.2, 0) is 11.2 Å². The van der Waals surface area contributed by atoms with Crippen molar-refractivity contribution in [3.05, 3.63) is 71.3 Å². The van der Waals surface area contributed by atoms with Gasteiger partial charge in [-0.25, -0.2) is 9.59 Å². The molecule has 2 aromatic carbocycles. The van der Waals surface area contributed by atoms with Crippen LogP contribution >= 0.6 is 0 Å². The van der Waals surface area contributed by atoms with Gasteiger partial charge in [0.05, 0.1) is 5.56 Å². The predicted molar refractivity (Wildman–Crippen MR) is 141 cm³/mol. The SMILES string of the molecule is CC(C)(C)OC(=O)N(CC1CCN(CCCc2ccc(C(=O)O)cc2)CC1)C1CC1c1ccccc1. The summed E-state index contributed by atoms with van der Waals surface area (Å²) >= 11 is 0. The van der Waals surface area contributed by atoms with Gasteiger partial charge in [-0.15, -0.1) is 0 Å². The molecular formula is C30H40N2O4. The van der Waals surface area contributed by atoms with Gasteiger partial charge in [0.25, 0.3) is 0 Å². The minimum Gasteiger partial charge on any atom is -0.478 e. The fraction of sp³-hybridized carbons (Fsp3) is 0.533. The van der Waals surface area contributed by atoms with E-state index < -0.39 is 11.6 Å². The van der Waals surface area contributed by atoms with Crippen LogP contribution in [0.5, 0.6) is 0 Å². The zero-order valence-electron chi connectivity index (χ0n) is 21.9. The molecule has 0 spiro atoms. The highest BCUT2D eigenvalue weighted by Gasteiger charge is 2.46.